The van der Waals surface area contributed by atoms with E-state index in [1.165, 1.54) is 0 Å². The van der Waals surface area contributed by atoms with Crippen molar-refractivity contribution in [3.8, 4) is 34.0 Å². The third-order valence-corrected chi connectivity index (χ3v) is 8.77. The average molecular weight is 571 g/mol. The van der Waals surface area contributed by atoms with Crippen LogP contribution in [-0.4, -0.2) is 28.3 Å². The summed E-state index contributed by atoms with van der Waals surface area (Å²) in [5.74, 6) is 0.970. The van der Waals surface area contributed by atoms with Gasteiger partial charge in [0.2, 0.25) is 0 Å². The zero-order chi connectivity index (χ0) is 29.0. The number of unbranched alkanes of at least 4 members (excludes halogenated alkanes) is 2. The van der Waals surface area contributed by atoms with Crippen molar-refractivity contribution in [2.75, 3.05) is 4.90 Å². The Hall–Kier alpha value is -3.75. The first-order valence-corrected chi connectivity index (χ1v) is 15.9. The third kappa shape index (κ3) is 5.99. The molecule has 214 valence electrons. The second-order valence-corrected chi connectivity index (χ2v) is 12.0. The van der Waals surface area contributed by atoms with Gasteiger partial charge in [0.15, 0.2) is 11.5 Å². The van der Waals surface area contributed by atoms with Crippen molar-refractivity contribution in [1.29, 1.82) is 0 Å². The highest BCUT2D eigenvalue weighted by Gasteiger charge is 2.33. The smallest absolute Gasteiger partial charge is 0.151 e. The molecule has 0 saturated carbocycles. The Morgan fingerprint density at radius 1 is 0.780 bits per heavy atom. The lowest BCUT2D eigenvalue weighted by atomic mass is 9.99. The molecule has 2 aromatic carbocycles. The Bertz CT molecular complexity index is 1640. The summed E-state index contributed by atoms with van der Waals surface area (Å²) in [5, 5.41) is -1.30. The fraction of sp³-hybridized carbons (Fsp3) is 0.333. The van der Waals surface area contributed by atoms with E-state index < -0.39 is 15.5 Å². The molecule has 1 aliphatic rings. The van der Waals surface area contributed by atoms with Crippen molar-refractivity contribution in [1.82, 2.24) is 9.97 Å². The lowest BCUT2D eigenvalue weighted by Crippen LogP contribution is -2.39. The molecule has 3 heterocycles. The molecule has 2 aromatic heterocycles. The summed E-state index contributed by atoms with van der Waals surface area (Å²) >= 11 is 0. The topological polar surface area (TPSA) is 95.5 Å². The SMILES string of the molecule is CCCCc1cccnc1-c1ccc2c(c1)Oc1ccc(-c3ncccc3CCCC)cc1N2C(CC)S(=O)(=O)[O-]. The van der Waals surface area contributed by atoms with Crippen LogP contribution in [0.5, 0.6) is 11.5 Å². The molecule has 41 heavy (non-hydrogen) atoms. The monoisotopic (exact) mass is 570 g/mol. The number of rotatable bonds is 11. The van der Waals surface area contributed by atoms with Crippen molar-refractivity contribution in [2.45, 2.75) is 71.1 Å². The van der Waals surface area contributed by atoms with Gasteiger partial charge in [0, 0.05) is 23.5 Å². The molecule has 5 rings (SSSR count). The Balaban J connectivity index is 1.63. The number of aromatic nitrogens is 2. The maximum atomic E-state index is 12.6. The molecule has 0 N–H and O–H groups in total. The molecular formula is C33H36N3O4S-. The number of hydrogen-bond acceptors (Lipinski definition) is 7. The standard InChI is InChI=1S/C33H37N3O4S/c1-4-7-11-23-13-9-19-34-32(23)25-16-18-29-28(21-25)36(31(6-3)41(37,38)39)27-17-15-26(22-30(27)40-29)33-24(12-8-5-2)14-10-20-35-33/h9-10,13-22,31H,4-8,11-12H2,1-3H3,(H,37,38,39)/p-1. The molecule has 1 atom stereocenters. The summed E-state index contributed by atoms with van der Waals surface area (Å²) in [6, 6.07) is 19.4. The van der Waals surface area contributed by atoms with E-state index in [2.05, 4.69) is 35.9 Å². The van der Waals surface area contributed by atoms with Crippen molar-refractivity contribution in [3.05, 3.63) is 84.2 Å². The number of anilines is 2. The van der Waals surface area contributed by atoms with Crippen LogP contribution in [0.15, 0.2) is 73.1 Å². The van der Waals surface area contributed by atoms with Gasteiger partial charge in [-0.1, -0.05) is 51.8 Å². The van der Waals surface area contributed by atoms with Gasteiger partial charge in [0.1, 0.15) is 15.5 Å². The van der Waals surface area contributed by atoms with Gasteiger partial charge >= 0.3 is 0 Å². The Morgan fingerprint density at radius 2 is 1.37 bits per heavy atom. The summed E-state index contributed by atoms with van der Waals surface area (Å²) in [7, 11) is -4.68. The summed E-state index contributed by atoms with van der Waals surface area (Å²) in [5.41, 5.74) is 6.77. The number of pyridine rings is 2. The number of nitrogens with zero attached hydrogens (tertiary/aromatic N) is 3. The van der Waals surface area contributed by atoms with Crippen molar-refractivity contribution in [3.63, 3.8) is 0 Å². The van der Waals surface area contributed by atoms with Gasteiger partial charge < -0.3 is 14.2 Å². The fourth-order valence-electron chi connectivity index (χ4n) is 5.49. The van der Waals surface area contributed by atoms with Gasteiger partial charge in [-0.2, -0.15) is 0 Å². The molecule has 0 saturated heterocycles. The first kappa shape index (κ1) is 28.8. The first-order valence-electron chi connectivity index (χ1n) is 14.4. The van der Waals surface area contributed by atoms with E-state index in [1.807, 2.05) is 48.5 Å². The van der Waals surface area contributed by atoms with Crippen LogP contribution in [0.1, 0.15) is 64.0 Å². The molecule has 1 aliphatic heterocycles. The summed E-state index contributed by atoms with van der Waals surface area (Å²) in [6.45, 7) is 6.03. The van der Waals surface area contributed by atoms with E-state index in [4.69, 9.17) is 4.74 Å². The van der Waals surface area contributed by atoms with Gasteiger partial charge in [-0.3, -0.25) is 9.97 Å². The largest absolute Gasteiger partial charge is 0.746 e. The highest BCUT2D eigenvalue weighted by molar-refractivity contribution is 7.86. The molecule has 0 bridgehead atoms. The van der Waals surface area contributed by atoms with E-state index in [0.717, 1.165) is 72.2 Å². The zero-order valence-corrected chi connectivity index (χ0v) is 24.7. The lowest BCUT2D eigenvalue weighted by molar-refractivity contribution is 0.438. The average Bonchev–Trinajstić information content (AvgIpc) is 2.98. The summed E-state index contributed by atoms with van der Waals surface area (Å²) < 4.78 is 44.1. The molecule has 8 heteroatoms. The fourth-order valence-corrected chi connectivity index (χ4v) is 6.38. The second kappa shape index (κ2) is 12.4. The van der Waals surface area contributed by atoms with Crippen LogP contribution in [0.2, 0.25) is 0 Å². The molecule has 0 aliphatic carbocycles. The van der Waals surface area contributed by atoms with Gasteiger partial charge in [-0.15, -0.1) is 0 Å². The number of ether oxygens (including phenoxy) is 1. The van der Waals surface area contributed by atoms with Crippen LogP contribution in [0, 0.1) is 0 Å². The quantitative estimate of drug-likeness (QED) is 0.168. The predicted molar refractivity (Wildman–Crippen MR) is 163 cm³/mol. The number of aryl methyl sites for hydroxylation is 2. The Kier molecular flexibility index (Phi) is 8.71. The van der Waals surface area contributed by atoms with Crippen LogP contribution < -0.4 is 9.64 Å². The van der Waals surface area contributed by atoms with Crippen molar-refractivity contribution in [2.24, 2.45) is 0 Å². The minimum Gasteiger partial charge on any atom is -0.746 e. The van der Waals surface area contributed by atoms with Crippen LogP contribution in [0.3, 0.4) is 0 Å². The van der Waals surface area contributed by atoms with Crippen LogP contribution >= 0.6 is 0 Å². The maximum absolute atomic E-state index is 12.6. The number of benzene rings is 2. The number of hydrogen-bond donors (Lipinski definition) is 0. The van der Waals surface area contributed by atoms with E-state index in [0.29, 0.717) is 22.9 Å². The highest BCUT2D eigenvalue weighted by Crippen LogP contribution is 2.51. The van der Waals surface area contributed by atoms with E-state index in [1.54, 1.807) is 24.2 Å². The molecular weight excluding hydrogens is 534 g/mol. The summed E-state index contributed by atoms with van der Waals surface area (Å²) in [6.07, 6.45) is 9.70. The Morgan fingerprint density at radius 3 is 1.93 bits per heavy atom. The molecule has 4 aromatic rings. The maximum Gasteiger partial charge on any atom is 0.151 e. The molecule has 7 nitrogen and oxygen atoms in total. The molecule has 0 spiro atoms. The minimum atomic E-state index is -4.68. The second-order valence-electron chi connectivity index (χ2n) is 10.4. The van der Waals surface area contributed by atoms with E-state index >= 15 is 0 Å². The Labute approximate surface area is 243 Å². The van der Waals surface area contributed by atoms with Gasteiger partial charge in [0.25, 0.3) is 0 Å². The van der Waals surface area contributed by atoms with Crippen LogP contribution in [-0.2, 0) is 23.0 Å². The molecule has 1 unspecified atom stereocenters. The highest BCUT2D eigenvalue weighted by atomic mass is 32.2. The normalized spacial score (nSPS) is 13.3. The van der Waals surface area contributed by atoms with Crippen LogP contribution in [0.25, 0.3) is 22.5 Å². The lowest BCUT2D eigenvalue weighted by Gasteiger charge is -2.39. The van der Waals surface area contributed by atoms with Crippen molar-refractivity contribution >= 4 is 21.5 Å². The number of fused-ring (bicyclic) bond motifs is 2. The van der Waals surface area contributed by atoms with Crippen LogP contribution in [0.4, 0.5) is 11.4 Å². The first-order chi connectivity index (χ1) is 19.9. The van der Waals surface area contributed by atoms with Gasteiger partial charge in [-0.25, -0.2) is 8.42 Å². The molecule has 0 fully saturated rings. The van der Waals surface area contributed by atoms with Gasteiger partial charge in [0.05, 0.1) is 22.8 Å². The predicted octanol–water partition coefficient (Wildman–Crippen LogP) is 8.02. The summed E-state index contributed by atoms with van der Waals surface area (Å²) in [4.78, 5) is 10.9. The molecule has 0 amide bonds. The third-order valence-electron chi connectivity index (χ3n) is 7.56. The van der Waals surface area contributed by atoms with E-state index in [-0.39, 0.29) is 6.42 Å². The van der Waals surface area contributed by atoms with Gasteiger partial charge in [-0.05, 0) is 85.7 Å². The minimum absolute atomic E-state index is 0.115. The van der Waals surface area contributed by atoms with E-state index in [9.17, 15) is 13.0 Å². The molecule has 0 radical (unpaired) electrons. The van der Waals surface area contributed by atoms with Crippen molar-refractivity contribution < 1.29 is 17.7 Å². The zero-order valence-electron chi connectivity index (χ0n) is 23.8.